The molecule has 25 heavy (non-hydrogen) atoms. The van der Waals surface area contributed by atoms with Crippen molar-refractivity contribution in [2.75, 3.05) is 5.32 Å². The molecule has 122 valence electrons. The number of nitrogens with one attached hydrogen (secondary N) is 1. The highest BCUT2D eigenvalue weighted by atomic mass is 19.1. The summed E-state index contributed by atoms with van der Waals surface area (Å²) in [6.07, 6.45) is 3.31. The van der Waals surface area contributed by atoms with Crippen LogP contribution in [0.4, 0.5) is 20.3 Å². The van der Waals surface area contributed by atoms with E-state index >= 15 is 0 Å². The van der Waals surface area contributed by atoms with E-state index in [1.54, 1.807) is 24.5 Å². The van der Waals surface area contributed by atoms with E-state index in [9.17, 15) is 8.78 Å². The Morgan fingerprint density at radius 1 is 0.840 bits per heavy atom. The molecule has 2 aromatic carbocycles. The van der Waals surface area contributed by atoms with Gasteiger partial charge in [-0.3, -0.25) is 4.98 Å². The zero-order chi connectivity index (χ0) is 17.2. The summed E-state index contributed by atoms with van der Waals surface area (Å²) < 4.78 is 27.1. The number of anilines is 2. The van der Waals surface area contributed by atoms with Gasteiger partial charge in [-0.05, 0) is 36.4 Å². The molecule has 4 nitrogen and oxygen atoms in total. The van der Waals surface area contributed by atoms with Crippen LogP contribution in [0.25, 0.3) is 22.3 Å². The molecule has 0 radical (unpaired) electrons. The van der Waals surface area contributed by atoms with Gasteiger partial charge in [0.15, 0.2) is 5.82 Å². The molecule has 2 aromatic heterocycles. The molecule has 0 saturated carbocycles. The number of pyridine rings is 1. The van der Waals surface area contributed by atoms with Gasteiger partial charge < -0.3 is 5.32 Å². The SMILES string of the molecule is Fc1ccc(Nc2nc(-c3ccncc3)nc3ccccc23)c(F)c1. The summed E-state index contributed by atoms with van der Waals surface area (Å²) in [6.45, 7) is 0. The minimum absolute atomic E-state index is 0.144. The fraction of sp³-hybridized carbons (Fsp3) is 0. The van der Waals surface area contributed by atoms with Gasteiger partial charge >= 0.3 is 0 Å². The summed E-state index contributed by atoms with van der Waals surface area (Å²) in [6, 6.07) is 14.4. The van der Waals surface area contributed by atoms with Gasteiger partial charge in [-0.25, -0.2) is 18.7 Å². The number of rotatable bonds is 3. The van der Waals surface area contributed by atoms with Crippen LogP contribution in [0.15, 0.2) is 67.0 Å². The van der Waals surface area contributed by atoms with Gasteiger partial charge in [0.2, 0.25) is 0 Å². The average Bonchev–Trinajstić information content (AvgIpc) is 2.64. The van der Waals surface area contributed by atoms with E-state index in [4.69, 9.17) is 0 Å². The van der Waals surface area contributed by atoms with E-state index in [2.05, 4.69) is 20.3 Å². The third kappa shape index (κ3) is 3.01. The molecule has 6 heteroatoms. The Bertz CT molecular complexity index is 1050. The topological polar surface area (TPSA) is 50.7 Å². The largest absolute Gasteiger partial charge is 0.337 e. The highest BCUT2D eigenvalue weighted by Gasteiger charge is 2.11. The van der Waals surface area contributed by atoms with Gasteiger partial charge in [0.05, 0.1) is 11.2 Å². The molecule has 0 saturated heterocycles. The fourth-order valence-electron chi connectivity index (χ4n) is 2.52. The molecule has 2 heterocycles. The van der Waals surface area contributed by atoms with Crippen molar-refractivity contribution in [2.24, 2.45) is 0 Å². The van der Waals surface area contributed by atoms with Gasteiger partial charge in [-0.2, -0.15) is 0 Å². The van der Waals surface area contributed by atoms with Gasteiger partial charge in [-0.15, -0.1) is 0 Å². The molecular formula is C19H12F2N4. The molecule has 0 aliphatic heterocycles. The Labute approximate surface area is 142 Å². The molecule has 0 amide bonds. The zero-order valence-electron chi connectivity index (χ0n) is 12.9. The number of hydrogen-bond donors (Lipinski definition) is 1. The Hall–Kier alpha value is -3.41. The Balaban J connectivity index is 1.86. The summed E-state index contributed by atoms with van der Waals surface area (Å²) in [4.78, 5) is 13.1. The monoisotopic (exact) mass is 334 g/mol. The van der Waals surface area contributed by atoms with Gasteiger partial charge in [0, 0.05) is 29.4 Å². The molecule has 4 aromatic rings. The molecule has 4 rings (SSSR count). The van der Waals surface area contributed by atoms with Crippen molar-refractivity contribution in [1.29, 1.82) is 0 Å². The lowest BCUT2D eigenvalue weighted by Crippen LogP contribution is -2.01. The number of para-hydroxylation sites is 1. The number of halogens is 2. The smallest absolute Gasteiger partial charge is 0.162 e. The lowest BCUT2D eigenvalue weighted by atomic mass is 10.2. The third-order valence-corrected chi connectivity index (χ3v) is 3.73. The van der Waals surface area contributed by atoms with Crippen LogP contribution < -0.4 is 5.32 Å². The number of benzene rings is 2. The molecule has 0 aliphatic carbocycles. The summed E-state index contributed by atoms with van der Waals surface area (Å²) in [5.41, 5.74) is 1.66. The van der Waals surface area contributed by atoms with Crippen LogP contribution >= 0.6 is 0 Å². The van der Waals surface area contributed by atoms with E-state index in [0.717, 1.165) is 17.0 Å². The van der Waals surface area contributed by atoms with Gasteiger partial charge in [-0.1, -0.05) is 12.1 Å². The Kier molecular flexibility index (Phi) is 3.78. The summed E-state index contributed by atoms with van der Waals surface area (Å²) in [5.74, 6) is -0.379. The lowest BCUT2D eigenvalue weighted by Gasteiger charge is -2.11. The summed E-state index contributed by atoms with van der Waals surface area (Å²) in [7, 11) is 0. The van der Waals surface area contributed by atoms with Crippen LogP contribution in [0.5, 0.6) is 0 Å². The van der Waals surface area contributed by atoms with E-state index in [1.165, 1.54) is 12.1 Å². The van der Waals surface area contributed by atoms with Crippen LogP contribution in [0.1, 0.15) is 0 Å². The highest BCUT2D eigenvalue weighted by Crippen LogP contribution is 2.28. The first-order chi connectivity index (χ1) is 12.2. The normalized spacial score (nSPS) is 10.8. The van der Waals surface area contributed by atoms with Crippen molar-refractivity contribution in [1.82, 2.24) is 15.0 Å². The van der Waals surface area contributed by atoms with E-state index in [1.807, 2.05) is 24.3 Å². The van der Waals surface area contributed by atoms with Crippen molar-refractivity contribution >= 4 is 22.4 Å². The minimum atomic E-state index is -0.687. The quantitative estimate of drug-likeness (QED) is 0.589. The van der Waals surface area contributed by atoms with Gasteiger partial charge in [0.1, 0.15) is 17.5 Å². The van der Waals surface area contributed by atoms with Crippen LogP contribution in [0.3, 0.4) is 0 Å². The molecule has 0 spiro atoms. The Morgan fingerprint density at radius 2 is 1.64 bits per heavy atom. The first-order valence-electron chi connectivity index (χ1n) is 7.60. The molecule has 1 N–H and O–H groups in total. The number of nitrogens with zero attached hydrogens (tertiary/aromatic N) is 3. The maximum Gasteiger partial charge on any atom is 0.162 e. The second kappa shape index (κ2) is 6.24. The number of hydrogen-bond acceptors (Lipinski definition) is 4. The Morgan fingerprint density at radius 3 is 2.44 bits per heavy atom. The zero-order valence-corrected chi connectivity index (χ0v) is 12.9. The first-order valence-corrected chi connectivity index (χ1v) is 7.60. The maximum atomic E-state index is 14.0. The second-order valence-corrected chi connectivity index (χ2v) is 5.40. The van der Waals surface area contributed by atoms with Crippen molar-refractivity contribution in [3.05, 3.63) is 78.6 Å². The number of fused-ring (bicyclic) bond motifs is 1. The van der Waals surface area contributed by atoms with E-state index < -0.39 is 11.6 Å². The van der Waals surface area contributed by atoms with Gasteiger partial charge in [0.25, 0.3) is 0 Å². The van der Waals surface area contributed by atoms with Crippen LogP contribution in [0.2, 0.25) is 0 Å². The first kappa shape index (κ1) is 15.1. The van der Waals surface area contributed by atoms with Crippen LogP contribution in [-0.2, 0) is 0 Å². The molecular weight excluding hydrogens is 322 g/mol. The average molecular weight is 334 g/mol. The van der Waals surface area contributed by atoms with Crippen LogP contribution in [0, 0.1) is 11.6 Å². The molecule has 0 atom stereocenters. The second-order valence-electron chi connectivity index (χ2n) is 5.40. The third-order valence-electron chi connectivity index (χ3n) is 3.73. The molecule has 0 fully saturated rings. The van der Waals surface area contributed by atoms with Crippen molar-refractivity contribution in [3.8, 4) is 11.4 Å². The number of aromatic nitrogens is 3. The van der Waals surface area contributed by atoms with Crippen molar-refractivity contribution < 1.29 is 8.78 Å². The molecule has 0 unspecified atom stereocenters. The minimum Gasteiger partial charge on any atom is -0.337 e. The van der Waals surface area contributed by atoms with E-state index in [0.29, 0.717) is 17.2 Å². The predicted octanol–water partition coefficient (Wildman–Crippen LogP) is 4.71. The lowest BCUT2D eigenvalue weighted by molar-refractivity contribution is 0.586. The van der Waals surface area contributed by atoms with E-state index in [-0.39, 0.29) is 5.69 Å². The maximum absolute atomic E-state index is 14.0. The highest BCUT2D eigenvalue weighted by molar-refractivity contribution is 5.92. The van der Waals surface area contributed by atoms with Crippen molar-refractivity contribution in [3.63, 3.8) is 0 Å². The summed E-state index contributed by atoms with van der Waals surface area (Å²) in [5, 5.41) is 3.68. The predicted molar refractivity (Wildman–Crippen MR) is 92.4 cm³/mol. The standard InChI is InChI=1S/C19H12F2N4/c20-13-5-6-17(15(21)11-13)24-19-14-3-1-2-4-16(14)23-18(25-19)12-7-9-22-10-8-12/h1-11H,(H,23,24,25). The van der Waals surface area contributed by atoms with Crippen molar-refractivity contribution in [2.45, 2.75) is 0 Å². The molecule has 0 bridgehead atoms. The fourth-order valence-corrected chi connectivity index (χ4v) is 2.52. The van der Waals surface area contributed by atoms with Crippen LogP contribution in [-0.4, -0.2) is 15.0 Å². The summed E-state index contributed by atoms with van der Waals surface area (Å²) >= 11 is 0. The molecule has 0 aliphatic rings.